The Balaban J connectivity index is 1.26. The number of likely N-dealkylation sites (tertiary alicyclic amines) is 1. The number of benzene rings is 3. The van der Waals surface area contributed by atoms with Crippen LogP contribution >= 0.6 is 23.4 Å². The van der Waals surface area contributed by atoms with Crippen molar-refractivity contribution in [3.63, 3.8) is 0 Å². The number of carbonyl (C=O) groups excluding carboxylic acids is 2. The number of carbonyl (C=O) groups is 2. The number of rotatable bonds is 6. The molecule has 4 rings (SSSR count). The van der Waals surface area contributed by atoms with E-state index < -0.39 is 0 Å². The monoisotopic (exact) mass is 464 g/mol. The molecule has 0 aromatic heterocycles. The summed E-state index contributed by atoms with van der Waals surface area (Å²) in [5.41, 5.74) is 2.67. The number of para-hydroxylation sites is 1. The minimum Gasteiger partial charge on any atom is -0.339 e. The zero-order valence-corrected chi connectivity index (χ0v) is 19.2. The average molecular weight is 465 g/mol. The number of halogens is 1. The van der Waals surface area contributed by atoms with Gasteiger partial charge in [0.05, 0.1) is 0 Å². The third kappa shape index (κ3) is 5.93. The molecule has 32 heavy (non-hydrogen) atoms. The average Bonchev–Trinajstić information content (AvgIpc) is 2.84. The van der Waals surface area contributed by atoms with Crippen LogP contribution in [0.4, 0.5) is 5.69 Å². The highest BCUT2D eigenvalue weighted by atomic mass is 35.5. The Morgan fingerprint density at radius 2 is 1.56 bits per heavy atom. The van der Waals surface area contributed by atoms with E-state index in [2.05, 4.69) is 5.32 Å². The summed E-state index contributed by atoms with van der Waals surface area (Å²) in [5.74, 6) is 0.832. The van der Waals surface area contributed by atoms with E-state index in [1.165, 1.54) is 0 Å². The molecular formula is C26H25ClN2O2S. The standard InChI is InChI=1S/C26H25ClN2O2S/c27-22-10-12-24(13-11-22)32-18-19-6-8-21(9-7-19)26(31)29-16-14-20(15-17-29)25(30)28-23-4-2-1-3-5-23/h1-13,20H,14-18H2,(H,28,30). The van der Waals surface area contributed by atoms with Gasteiger partial charge in [0.1, 0.15) is 0 Å². The lowest BCUT2D eigenvalue weighted by atomic mass is 9.95. The molecule has 0 unspecified atom stereocenters. The Morgan fingerprint density at radius 3 is 2.22 bits per heavy atom. The molecule has 6 heteroatoms. The van der Waals surface area contributed by atoms with Crippen LogP contribution in [0.5, 0.6) is 0 Å². The van der Waals surface area contributed by atoms with Gasteiger partial charge in [0.2, 0.25) is 5.91 Å². The van der Waals surface area contributed by atoms with Gasteiger partial charge in [-0.3, -0.25) is 9.59 Å². The molecule has 0 radical (unpaired) electrons. The fourth-order valence-electron chi connectivity index (χ4n) is 3.73. The maximum atomic E-state index is 12.9. The summed E-state index contributed by atoms with van der Waals surface area (Å²) in [4.78, 5) is 28.4. The molecule has 2 amide bonds. The SMILES string of the molecule is O=C(Nc1ccccc1)C1CCN(C(=O)c2ccc(CSc3ccc(Cl)cc3)cc2)CC1. The van der Waals surface area contributed by atoms with E-state index in [9.17, 15) is 9.59 Å². The van der Waals surface area contributed by atoms with Crippen molar-refractivity contribution in [2.24, 2.45) is 5.92 Å². The quantitative estimate of drug-likeness (QED) is 0.447. The molecule has 0 aliphatic carbocycles. The first kappa shape index (κ1) is 22.4. The molecule has 0 saturated carbocycles. The predicted molar refractivity (Wildman–Crippen MR) is 131 cm³/mol. The van der Waals surface area contributed by atoms with Gasteiger partial charge in [0, 0.05) is 45.9 Å². The fraction of sp³-hybridized carbons (Fsp3) is 0.231. The van der Waals surface area contributed by atoms with E-state index in [1.807, 2.05) is 83.8 Å². The normalized spacial score (nSPS) is 14.2. The van der Waals surface area contributed by atoms with Crippen LogP contribution in [0.1, 0.15) is 28.8 Å². The van der Waals surface area contributed by atoms with E-state index in [0.717, 1.165) is 26.9 Å². The number of piperidine rings is 1. The molecule has 1 heterocycles. The summed E-state index contributed by atoms with van der Waals surface area (Å²) in [6.07, 6.45) is 1.36. The highest BCUT2D eigenvalue weighted by molar-refractivity contribution is 7.98. The van der Waals surface area contributed by atoms with Crippen molar-refractivity contribution in [2.45, 2.75) is 23.5 Å². The lowest BCUT2D eigenvalue weighted by Crippen LogP contribution is -2.41. The third-order valence-electron chi connectivity index (χ3n) is 5.61. The molecule has 1 aliphatic rings. The van der Waals surface area contributed by atoms with Crippen LogP contribution < -0.4 is 5.32 Å². The van der Waals surface area contributed by atoms with Crippen LogP contribution in [0.3, 0.4) is 0 Å². The van der Waals surface area contributed by atoms with Crippen LogP contribution in [0.15, 0.2) is 83.8 Å². The number of nitrogens with one attached hydrogen (secondary N) is 1. The molecule has 0 bridgehead atoms. The summed E-state index contributed by atoms with van der Waals surface area (Å²) < 4.78 is 0. The lowest BCUT2D eigenvalue weighted by Gasteiger charge is -2.31. The first-order chi connectivity index (χ1) is 15.6. The summed E-state index contributed by atoms with van der Waals surface area (Å²) in [5, 5.41) is 3.70. The molecule has 4 nitrogen and oxygen atoms in total. The van der Waals surface area contributed by atoms with Crippen molar-refractivity contribution in [3.8, 4) is 0 Å². The highest BCUT2D eigenvalue weighted by Gasteiger charge is 2.27. The second-order valence-electron chi connectivity index (χ2n) is 7.86. The van der Waals surface area contributed by atoms with E-state index >= 15 is 0 Å². The topological polar surface area (TPSA) is 49.4 Å². The minimum absolute atomic E-state index is 0.0313. The van der Waals surface area contributed by atoms with Crippen LogP contribution in [0, 0.1) is 5.92 Å². The number of thioether (sulfide) groups is 1. The number of anilines is 1. The zero-order chi connectivity index (χ0) is 22.3. The molecule has 3 aromatic rings. The first-order valence-electron chi connectivity index (χ1n) is 10.7. The Morgan fingerprint density at radius 1 is 0.906 bits per heavy atom. The number of amides is 2. The molecule has 0 atom stereocenters. The largest absolute Gasteiger partial charge is 0.339 e. The van der Waals surface area contributed by atoms with Crippen LogP contribution in [0.2, 0.25) is 5.02 Å². The number of nitrogens with zero attached hydrogens (tertiary/aromatic N) is 1. The predicted octanol–water partition coefficient (Wildman–Crippen LogP) is 6.12. The molecule has 1 fully saturated rings. The third-order valence-corrected chi connectivity index (χ3v) is 6.95. The van der Waals surface area contributed by atoms with Crippen LogP contribution in [-0.4, -0.2) is 29.8 Å². The Labute approximate surface area is 198 Å². The fourth-order valence-corrected chi connectivity index (χ4v) is 4.71. The minimum atomic E-state index is -0.0634. The smallest absolute Gasteiger partial charge is 0.253 e. The van der Waals surface area contributed by atoms with Gasteiger partial charge in [-0.25, -0.2) is 0 Å². The van der Waals surface area contributed by atoms with E-state index in [1.54, 1.807) is 11.8 Å². The Kier molecular flexibility index (Phi) is 7.51. The Hall–Kier alpha value is -2.76. The zero-order valence-electron chi connectivity index (χ0n) is 17.7. The molecule has 164 valence electrons. The summed E-state index contributed by atoms with van der Waals surface area (Å²) in [6.45, 7) is 1.19. The molecule has 0 spiro atoms. The van der Waals surface area contributed by atoms with E-state index in [-0.39, 0.29) is 17.7 Å². The van der Waals surface area contributed by atoms with Crippen molar-refractivity contribution in [2.75, 3.05) is 18.4 Å². The first-order valence-corrected chi connectivity index (χ1v) is 12.1. The number of hydrogen-bond acceptors (Lipinski definition) is 3. The van der Waals surface area contributed by atoms with Crippen LogP contribution in [-0.2, 0) is 10.5 Å². The molecule has 1 saturated heterocycles. The molecular weight excluding hydrogens is 440 g/mol. The van der Waals surface area contributed by atoms with E-state index in [4.69, 9.17) is 11.6 Å². The van der Waals surface area contributed by atoms with Crippen molar-refractivity contribution in [1.29, 1.82) is 0 Å². The summed E-state index contributed by atoms with van der Waals surface area (Å²) >= 11 is 7.67. The van der Waals surface area contributed by atoms with Gasteiger partial charge in [-0.05, 0) is 66.9 Å². The molecule has 1 N–H and O–H groups in total. The van der Waals surface area contributed by atoms with Crippen molar-refractivity contribution >= 4 is 40.9 Å². The molecule has 3 aromatic carbocycles. The second-order valence-corrected chi connectivity index (χ2v) is 9.35. The van der Waals surface area contributed by atoms with Gasteiger partial charge >= 0.3 is 0 Å². The summed E-state index contributed by atoms with van der Waals surface area (Å²) in [6, 6.07) is 25.1. The van der Waals surface area contributed by atoms with E-state index in [0.29, 0.717) is 31.5 Å². The second kappa shape index (κ2) is 10.7. The lowest BCUT2D eigenvalue weighted by molar-refractivity contribution is -0.121. The maximum absolute atomic E-state index is 12.9. The van der Waals surface area contributed by atoms with Crippen molar-refractivity contribution < 1.29 is 9.59 Å². The highest BCUT2D eigenvalue weighted by Crippen LogP contribution is 2.25. The summed E-state index contributed by atoms with van der Waals surface area (Å²) in [7, 11) is 0. The van der Waals surface area contributed by atoms with Gasteiger partial charge in [-0.15, -0.1) is 11.8 Å². The van der Waals surface area contributed by atoms with Crippen molar-refractivity contribution in [3.05, 3.63) is 95.0 Å². The maximum Gasteiger partial charge on any atom is 0.253 e. The van der Waals surface area contributed by atoms with Crippen molar-refractivity contribution in [1.82, 2.24) is 4.90 Å². The van der Waals surface area contributed by atoms with Gasteiger partial charge < -0.3 is 10.2 Å². The van der Waals surface area contributed by atoms with Gasteiger partial charge in [-0.2, -0.15) is 0 Å². The number of hydrogen-bond donors (Lipinski definition) is 1. The van der Waals surface area contributed by atoms with Gasteiger partial charge in [0.25, 0.3) is 5.91 Å². The molecule has 1 aliphatic heterocycles. The van der Waals surface area contributed by atoms with Gasteiger partial charge in [-0.1, -0.05) is 41.9 Å². The Bertz CT molecular complexity index is 1050. The van der Waals surface area contributed by atoms with Gasteiger partial charge in [0.15, 0.2) is 0 Å². The van der Waals surface area contributed by atoms with Crippen LogP contribution in [0.25, 0.3) is 0 Å².